The molecule has 0 unspecified atom stereocenters. The van der Waals surface area contributed by atoms with Crippen molar-refractivity contribution in [1.29, 1.82) is 0 Å². The Morgan fingerprint density at radius 2 is 1.55 bits per heavy atom. The van der Waals surface area contributed by atoms with Gasteiger partial charge in [-0.3, -0.25) is 4.80 Å². The highest BCUT2D eigenvalue weighted by Crippen LogP contribution is 2.30. The van der Waals surface area contributed by atoms with Gasteiger partial charge in [-0.25, -0.2) is 0 Å². The van der Waals surface area contributed by atoms with E-state index in [0.717, 1.165) is 0 Å². The van der Waals surface area contributed by atoms with Gasteiger partial charge in [0.25, 0.3) is 0 Å². The normalized spacial score (nSPS) is 13.1. The van der Waals surface area contributed by atoms with Gasteiger partial charge in [-0.15, -0.1) is 0 Å². The van der Waals surface area contributed by atoms with Gasteiger partial charge in [0.05, 0.1) is 0 Å². The summed E-state index contributed by atoms with van der Waals surface area (Å²) in [5, 5.41) is 0. The summed E-state index contributed by atoms with van der Waals surface area (Å²) in [5.74, 6) is 0. The van der Waals surface area contributed by atoms with Gasteiger partial charge in [0, 0.05) is 6.61 Å². The highest BCUT2D eigenvalue weighted by atomic mass is 28.4. The Bertz CT molecular complexity index is 105. The lowest BCUT2D eigenvalue weighted by Gasteiger charge is -2.29. The molecule has 0 aliphatic carbocycles. The average Bonchev–Trinajstić information content (AvgIpc) is 1.87. The molecule has 0 amide bonds. The fourth-order valence-corrected chi connectivity index (χ4v) is 3.68. The van der Waals surface area contributed by atoms with E-state index in [-0.39, 0.29) is 11.1 Å². The van der Waals surface area contributed by atoms with Gasteiger partial charge in [-0.1, -0.05) is 27.7 Å². The maximum Gasteiger partial charge on any atom is 0.378 e. The molecule has 0 saturated carbocycles. The van der Waals surface area contributed by atoms with Gasteiger partial charge in [0.1, 0.15) is 0 Å². The van der Waals surface area contributed by atoms with E-state index in [4.69, 9.17) is 4.43 Å². The van der Waals surface area contributed by atoms with Crippen LogP contribution in [0.15, 0.2) is 0 Å². The lowest BCUT2D eigenvalue weighted by atomic mass is 10.5. The fraction of sp³-hybridized carbons (Fsp3) is 1.00. The van der Waals surface area contributed by atoms with Crippen LogP contribution >= 0.6 is 0 Å². The minimum atomic E-state index is -2.65. The third-order valence-electron chi connectivity index (χ3n) is 1.98. The summed E-state index contributed by atoms with van der Waals surface area (Å²) in [4.78, 5) is 12.0. The van der Waals surface area contributed by atoms with E-state index in [1.165, 1.54) is 0 Å². The molecular formula is C8H19O2Si. The van der Waals surface area contributed by atoms with E-state index in [0.29, 0.717) is 6.61 Å². The lowest BCUT2D eigenvalue weighted by molar-refractivity contribution is 0.190. The Morgan fingerprint density at radius 1 is 1.18 bits per heavy atom. The maximum atomic E-state index is 12.0. The first-order valence-corrected chi connectivity index (χ1v) is 6.26. The molecule has 0 aliphatic rings. The van der Waals surface area contributed by atoms with Gasteiger partial charge in [0.2, 0.25) is 0 Å². The molecule has 3 heteroatoms. The van der Waals surface area contributed by atoms with Gasteiger partial charge in [-0.05, 0) is 18.0 Å². The molecule has 0 aromatic heterocycles. The summed E-state index contributed by atoms with van der Waals surface area (Å²) >= 11 is 0. The van der Waals surface area contributed by atoms with Crippen LogP contribution in [0.25, 0.3) is 0 Å². The monoisotopic (exact) mass is 175 g/mol. The first-order valence-electron chi connectivity index (χ1n) is 4.29. The van der Waals surface area contributed by atoms with E-state index in [1.54, 1.807) is 0 Å². The quantitative estimate of drug-likeness (QED) is 0.604. The molecule has 0 spiro atoms. The number of hydrogen-bond donors (Lipinski definition) is 0. The molecule has 0 heterocycles. The summed E-state index contributed by atoms with van der Waals surface area (Å²) in [6, 6.07) is 0. The van der Waals surface area contributed by atoms with E-state index in [2.05, 4.69) is 0 Å². The van der Waals surface area contributed by atoms with Crippen LogP contribution in [0.1, 0.15) is 34.6 Å². The fourth-order valence-electron chi connectivity index (χ4n) is 1.23. The highest BCUT2D eigenvalue weighted by Gasteiger charge is 2.43. The molecule has 0 saturated heterocycles. The molecule has 0 aliphatic heterocycles. The summed E-state index contributed by atoms with van der Waals surface area (Å²) < 4.78 is 5.34. The van der Waals surface area contributed by atoms with Crippen LogP contribution in [0.4, 0.5) is 0 Å². The van der Waals surface area contributed by atoms with Crippen LogP contribution in [0.3, 0.4) is 0 Å². The van der Waals surface area contributed by atoms with Crippen molar-refractivity contribution >= 4 is 8.56 Å². The first-order chi connectivity index (χ1) is 4.95. The van der Waals surface area contributed by atoms with Crippen LogP contribution in [0.5, 0.6) is 0 Å². The lowest BCUT2D eigenvalue weighted by Crippen LogP contribution is -2.43. The first kappa shape index (κ1) is 11.1. The molecule has 2 nitrogen and oxygen atoms in total. The van der Waals surface area contributed by atoms with Gasteiger partial charge >= 0.3 is 8.56 Å². The molecule has 0 fully saturated rings. The van der Waals surface area contributed by atoms with Gasteiger partial charge in [-0.2, -0.15) is 0 Å². The van der Waals surface area contributed by atoms with E-state index >= 15 is 0 Å². The van der Waals surface area contributed by atoms with Crippen molar-refractivity contribution in [3.63, 3.8) is 0 Å². The van der Waals surface area contributed by atoms with Gasteiger partial charge in [0.15, 0.2) is 0 Å². The van der Waals surface area contributed by atoms with Crippen molar-refractivity contribution in [3.05, 3.63) is 0 Å². The maximum absolute atomic E-state index is 12.0. The van der Waals surface area contributed by atoms with Crippen LogP contribution in [-0.2, 0) is 9.22 Å². The molecule has 11 heavy (non-hydrogen) atoms. The van der Waals surface area contributed by atoms with Crippen molar-refractivity contribution in [2.45, 2.75) is 45.7 Å². The Kier molecular flexibility index (Phi) is 4.29. The second-order valence-electron chi connectivity index (χ2n) is 3.46. The molecule has 0 N–H and O–H groups in total. The third kappa shape index (κ3) is 2.58. The SMILES string of the molecule is CCO[Si]([O])(C(C)C)C(C)C. The van der Waals surface area contributed by atoms with Crippen molar-refractivity contribution < 1.29 is 9.22 Å². The van der Waals surface area contributed by atoms with Crippen LogP contribution in [0.2, 0.25) is 11.1 Å². The van der Waals surface area contributed by atoms with Crippen LogP contribution in [-0.4, -0.2) is 15.2 Å². The predicted octanol–water partition coefficient (Wildman–Crippen LogP) is 2.72. The van der Waals surface area contributed by atoms with Crippen molar-refractivity contribution in [2.24, 2.45) is 0 Å². The second-order valence-corrected chi connectivity index (χ2v) is 7.50. The minimum absolute atomic E-state index is 0.169. The molecule has 0 atom stereocenters. The molecule has 0 bridgehead atoms. The molecule has 67 valence electrons. The largest absolute Gasteiger partial charge is 0.393 e. The van der Waals surface area contributed by atoms with Crippen LogP contribution < -0.4 is 0 Å². The Balaban J connectivity index is 4.26. The summed E-state index contributed by atoms with van der Waals surface area (Å²) in [5.41, 5.74) is 0.338. The zero-order valence-corrected chi connectivity index (χ0v) is 9.18. The summed E-state index contributed by atoms with van der Waals surface area (Å²) in [6.45, 7) is 10.3. The zero-order chi connectivity index (χ0) is 9.07. The second kappa shape index (κ2) is 4.23. The van der Waals surface area contributed by atoms with Crippen molar-refractivity contribution in [2.75, 3.05) is 6.61 Å². The molecule has 0 aromatic rings. The Morgan fingerprint density at radius 3 is 1.64 bits per heavy atom. The summed E-state index contributed by atoms with van der Waals surface area (Å²) in [7, 11) is -2.65. The third-order valence-corrected chi connectivity index (χ3v) is 5.94. The zero-order valence-electron chi connectivity index (χ0n) is 8.18. The molecule has 1 radical (unpaired) electrons. The van der Waals surface area contributed by atoms with Gasteiger partial charge < -0.3 is 4.43 Å². The predicted molar refractivity (Wildman–Crippen MR) is 48.3 cm³/mol. The van der Waals surface area contributed by atoms with Crippen LogP contribution in [0, 0.1) is 0 Å². The molecule has 0 aromatic carbocycles. The summed E-state index contributed by atoms with van der Waals surface area (Å²) in [6.07, 6.45) is 0. The van der Waals surface area contributed by atoms with Crippen molar-refractivity contribution in [1.82, 2.24) is 0 Å². The topological polar surface area (TPSA) is 29.1 Å². The average molecular weight is 175 g/mol. The number of hydrogen-bond acceptors (Lipinski definition) is 1. The molecule has 0 rings (SSSR count). The molecular weight excluding hydrogens is 156 g/mol. The Labute approximate surface area is 70.8 Å². The smallest absolute Gasteiger partial charge is 0.378 e. The standard InChI is InChI=1S/C8H19O2Si/c1-6-10-11(9,7(2)3)8(4)5/h7-8H,6H2,1-5H3. The Hall–Kier alpha value is 0.137. The van der Waals surface area contributed by atoms with E-state index < -0.39 is 8.56 Å². The van der Waals surface area contributed by atoms with E-state index in [9.17, 15) is 4.80 Å². The minimum Gasteiger partial charge on any atom is -0.393 e. The number of rotatable bonds is 4. The van der Waals surface area contributed by atoms with E-state index in [1.807, 2.05) is 34.6 Å². The highest BCUT2D eigenvalue weighted by molar-refractivity contribution is 6.68. The van der Waals surface area contributed by atoms with Crippen molar-refractivity contribution in [3.8, 4) is 0 Å².